The van der Waals surface area contributed by atoms with Gasteiger partial charge in [-0.15, -0.1) is 0 Å². The van der Waals surface area contributed by atoms with E-state index in [1.807, 2.05) is 18.6 Å². The first-order valence-electron chi connectivity index (χ1n) is 38.2. The SMILES string of the molecule is c1ccc2c(c1)c1ccccc1n2-c1ccc(-c2ccc(-c3ccc(-c4ccc(-n5c6ccc(-c7ccc(-c8ccc(-c9ccc(-n%10c%11ccccc%11c%11ccccc%11%10)cc9)cn8)cc7)cc6c6cc(-c7ccc(-c8ccc(-c9ccc(-n%10c%11ccccc%11c%11ccccc%11%10)cc9)cn8)cc7)ccc65)cc4)cc3)nc2)cc1. The molecule has 15 aromatic carbocycles. The van der Waals surface area contributed by atoms with Crippen LogP contribution in [0, 0.1) is 0 Å². The molecule has 0 fully saturated rings. The number of para-hydroxylation sites is 6. The molecule has 7 heterocycles. The zero-order valence-corrected chi connectivity index (χ0v) is 60.8. The zero-order valence-electron chi connectivity index (χ0n) is 60.8. The van der Waals surface area contributed by atoms with Gasteiger partial charge in [0.1, 0.15) is 0 Å². The van der Waals surface area contributed by atoms with E-state index in [1.165, 1.54) is 76.2 Å². The molecule has 0 aliphatic rings. The van der Waals surface area contributed by atoms with Gasteiger partial charge >= 0.3 is 0 Å². The van der Waals surface area contributed by atoms with E-state index in [2.05, 4.69) is 407 Å². The smallest absolute Gasteiger partial charge is 0.0702 e. The predicted octanol–water partition coefficient (Wildman–Crippen LogP) is 27.3. The summed E-state index contributed by atoms with van der Waals surface area (Å²) in [5, 5.41) is 9.89. The first-order valence-corrected chi connectivity index (χ1v) is 38.2. The third-order valence-electron chi connectivity index (χ3n) is 22.8. The van der Waals surface area contributed by atoms with Crippen LogP contribution >= 0.6 is 0 Å². The zero-order chi connectivity index (χ0) is 73.7. The number of fused-ring (bicyclic) bond motifs is 12. The monoisotopic (exact) mass is 1430 g/mol. The predicted molar refractivity (Wildman–Crippen MR) is 466 cm³/mol. The van der Waals surface area contributed by atoms with Crippen LogP contribution in [0.1, 0.15) is 0 Å². The standard InChI is InChI=1S/C105H67N7/c1-7-19-98-87(13-1)88-14-2-8-20-99(88)109(98)83-52-39-72(40-53-83)80-45-58-95(106-65-80)75-31-25-68(26-32-75)69-37-50-86(51-38-69)112-104-61-48-78(70-27-33-76(34-28-70)96-59-46-81(66-107-96)73-41-54-84(55-42-73)110-100-21-9-3-15-89(100)90-16-4-10-22-101(90)110)63-93(104)94-64-79(49-62-105(94)112)71-29-35-77(36-30-71)97-60-47-82(67-108-97)74-43-56-85(57-44-74)111-102-23-11-5-17-91(102)92-18-6-12-24-103(92)111/h1-67H. The van der Waals surface area contributed by atoms with Gasteiger partial charge in [0, 0.05) is 118 Å². The van der Waals surface area contributed by atoms with E-state index in [0.29, 0.717) is 0 Å². The second-order valence-corrected chi connectivity index (χ2v) is 29.1. The minimum Gasteiger partial charge on any atom is -0.309 e. The van der Waals surface area contributed by atoms with E-state index < -0.39 is 0 Å². The van der Waals surface area contributed by atoms with Gasteiger partial charge < -0.3 is 18.3 Å². The van der Waals surface area contributed by atoms with Crippen LogP contribution in [0.2, 0.25) is 0 Å². The molecule has 0 saturated carbocycles. The van der Waals surface area contributed by atoms with E-state index in [1.54, 1.807) is 0 Å². The fourth-order valence-electron chi connectivity index (χ4n) is 17.2. The number of benzene rings is 15. The van der Waals surface area contributed by atoms with Crippen molar-refractivity contribution in [3.8, 4) is 123 Å². The lowest BCUT2D eigenvalue weighted by Gasteiger charge is -2.11. The van der Waals surface area contributed by atoms with Crippen LogP contribution in [0.25, 0.3) is 211 Å². The lowest BCUT2D eigenvalue weighted by molar-refractivity contribution is 1.18. The van der Waals surface area contributed by atoms with E-state index >= 15 is 0 Å². The molecule has 22 rings (SSSR count). The molecule has 0 N–H and O–H groups in total. The number of pyridine rings is 3. The third kappa shape index (κ3) is 10.9. The van der Waals surface area contributed by atoms with Crippen molar-refractivity contribution in [3.63, 3.8) is 0 Å². The van der Waals surface area contributed by atoms with Gasteiger partial charge in [-0.2, -0.15) is 0 Å². The number of nitrogens with zero attached hydrogens (tertiary/aromatic N) is 7. The van der Waals surface area contributed by atoms with Crippen molar-refractivity contribution in [1.82, 2.24) is 33.2 Å². The Morgan fingerprint density at radius 3 is 0.545 bits per heavy atom. The highest BCUT2D eigenvalue weighted by Gasteiger charge is 2.20. The minimum absolute atomic E-state index is 0.928. The molecule has 7 heteroatoms. The summed E-state index contributed by atoms with van der Waals surface area (Å²) >= 11 is 0. The molecule has 0 saturated heterocycles. The van der Waals surface area contributed by atoms with Crippen LogP contribution in [0.5, 0.6) is 0 Å². The van der Waals surface area contributed by atoms with Crippen molar-refractivity contribution >= 4 is 87.2 Å². The molecule has 0 radical (unpaired) electrons. The highest BCUT2D eigenvalue weighted by atomic mass is 15.0. The van der Waals surface area contributed by atoms with E-state index in [4.69, 9.17) is 15.0 Å². The van der Waals surface area contributed by atoms with Gasteiger partial charge in [0.05, 0.1) is 61.2 Å². The van der Waals surface area contributed by atoms with Gasteiger partial charge in [-0.05, 0) is 177 Å². The fraction of sp³-hybridized carbons (Fsp3) is 0. The first kappa shape index (κ1) is 64.2. The second-order valence-electron chi connectivity index (χ2n) is 29.1. The minimum atomic E-state index is 0.928. The maximum atomic E-state index is 5.03. The molecule has 0 unspecified atom stereocenters. The Bertz CT molecular complexity index is 6910. The molecule has 22 aromatic rings. The van der Waals surface area contributed by atoms with Gasteiger partial charge in [-0.25, -0.2) is 0 Å². The summed E-state index contributed by atoms with van der Waals surface area (Å²) in [6.45, 7) is 0. The van der Waals surface area contributed by atoms with Crippen LogP contribution in [-0.4, -0.2) is 33.2 Å². The topological polar surface area (TPSA) is 58.4 Å². The Kier molecular flexibility index (Phi) is 15.1. The van der Waals surface area contributed by atoms with Crippen LogP contribution in [0.4, 0.5) is 0 Å². The largest absolute Gasteiger partial charge is 0.309 e. The maximum absolute atomic E-state index is 5.03. The molecular weight excluding hydrogens is 1360 g/mol. The molecule has 7 nitrogen and oxygen atoms in total. The maximum Gasteiger partial charge on any atom is 0.0702 e. The van der Waals surface area contributed by atoms with Crippen molar-refractivity contribution in [2.75, 3.05) is 0 Å². The molecule has 0 spiro atoms. The van der Waals surface area contributed by atoms with Gasteiger partial charge in [-0.3, -0.25) is 15.0 Å². The third-order valence-corrected chi connectivity index (χ3v) is 22.8. The molecule has 0 atom stereocenters. The average molecular weight is 1430 g/mol. The van der Waals surface area contributed by atoms with Crippen molar-refractivity contribution < 1.29 is 0 Å². The summed E-state index contributed by atoms with van der Waals surface area (Å²) in [5.41, 5.74) is 33.4. The summed E-state index contributed by atoms with van der Waals surface area (Å²) in [7, 11) is 0. The Balaban J connectivity index is 0.539. The second kappa shape index (κ2) is 26.4. The molecule has 0 aliphatic heterocycles. The van der Waals surface area contributed by atoms with Crippen molar-refractivity contribution in [3.05, 3.63) is 407 Å². The lowest BCUT2D eigenvalue weighted by Crippen LogP contribution is -1.94. The van der Waals surface area contributed by atoms with E-state index in [9.17, 15) is 0 Å². The average Bonchev–Trinajstić information content (AvgIpc) is 1.46. The van der Waals surface area contributed by atoms with Crippen molar-refractivity contribution in [1.29, 1.82) is 0 Å². The van der Waals surface area contributed by atoms with Crippen molar-refractivity contribution in [2.24, 2.45) is 0 Å². The van der Waals surface area contributed by atoms with Gasteiger partial charge in [-0.1, -0.05) is 261 Å². The Labute approximate surface area is 646 Å². The number of aromatic nitrogens is 7. The van der Waals surface area contributed by atoms with Crippen LogP contribution in [0.15, 0.2) is 407 Å². The quantitative estimate of drug-likeness (QED) is 0.116. The van der Waals surface area contributed by atoms with Crippen LogP contribution in [-0.2, 0) is 0 Å². The highest BCUT2D eigenvalue weighted by Crippen LogP contribution is 2.42. The summed E-state index contributed by atoms with van der Waals surface area (Å²) < 4.78 is 9.48. The van der Waals surface area contributed by atoms with Crippen molar-refractivity contribution in [2.45, 2.75) is 0 Å². The highest BCUT2D eigenvalue weighted by molar-refractivity contribution is 6.14. The molecule has 0 amide bonds. The Morgan fingerprint density at radius 1 is 0.134 bits per heavy atom. The van der Waals surface area contributed by atoms with E-state index in [-0.39, 0.29) is 0 Å². The summed E-state index contributed by atoms with van der Waals surface area (Å²) in [5.74, 6) is 0. The molecule has 0 bridgehead atoms. The molecular formula is C105H67N7. The van der Waals surface area contributed by atoms with E-state index in [0.717, 1.165) is 134 Å². The van der Waals surface area contributed by atoms with Gasteiger partial charge in [0.25, 0.3) is 0 Å². The molecule has 112 heavy (non-hydrogen) atoms. The number of hydrogen-bond acceptors (Lipinski definition) is 3. The number of hydrogen-bond donors (Lipinski definition) is 0. The van der Waals surface area contributed by atoms with Crippen LogP contribution in [0.3, 0.4) is 0 Å². The summed E-state index contributed by atoms with van der Waals surface area (Å²) in [6.07, 6.45) is 5.97. The first-order chi connectivity index (χ1) is 55.5. The van der Waals surface area contributed by atoms with Gasteiger partial charge in [0.2, 0.25) is 0 Å². The normalized spacial score (nSPS) is 11.8. The Hall–Kier alpha value is -15.1. The molecule has 7 aromatic heterocycles. The molecule has 522 valence electrons. The van der Waals surface area contributed by atoms with Crippen LogP contribution < -0.4 is 0 Å². The Morgan fingerprint density at radius 2 is 0.312 bits per heavy atom. The fourth-order valence-corrected chi connectivity index (χ4v) is 17.2. The lowest BCUT2D eigenvalue weighted by atomic mass is 9.98. The molecule has 0 aliphatic carbocycles. The van der Waals surface area contributed by atoms with Gasteiger partial charge in [0.15, 0.2) is 0 Å². The number of rotatable bonds is 13. The summed E-state index contributed by atoms with van der Waals surface area (Å²) in [6, 6.07) is 141. The summed E-state index contributed by atoms with van der Waals surface area (Å²) in [4.78, 5) is 15.0.